The lowest BCUT2D eigenvalue weighted by Crippen LogP contribution is -2.29. The molecule has 1 aliphatic rings. The number of pyridine rings is 1. The van der Waals surface area contributed by atoms with Crippen LogP contribution in [0.5, 0.6) is 0 Å². The monoisotopic (exact) mass is 226 g/mol. The van der Waals surface area contributed by atoms with Gasteiger partial charge in [0.25, 0.3) is 0 Å². The predicted octanol–water partition coefficient (Wildman–Crippen LogP) is 3.39. The smallest absolute Gasteiger partial charge is 0.0702 e. The van der Waals surface area contributed by atoms with Crippen molar-refractivity contribution < 1.29 is 0 Å². The van der Waals surface area contributed by atoms with Gasteiger partial charge >= 0.3 is 0 Å². The quantitative estimate of drug-likeness (QED) is 0.741. The second-order valence-corrected chi connectivity index (χ2v) is 4.95. The van der Waals surface area contributed by atoms with Gasteiger partial charge in [-0.1, -0.05) is 18.6 Å². The SMILES string of the molecule is CN1CCCC[C@H]1c1ccc2ncccc2c1. The van der Waals surface area contributed by atoms with Crippen LogP contribution in [0.15, 0.2) is 36.5 Å². The molecule has 0 spiro atoms. The minimum atomic E-state index is 0.591. The van der Waals surface area contributed by atoms with Crippen molar-refractivity contribution in [1.82, 2.24) is 9.88 Å². The number of fused-ring (bicyclic) bond motifs is 1. The van der Waals surface area contributed by atoms with Crippen LogP contribution in [0.2, 0.25) is 0 Å². The van der Waals surface area contributed by atoms with Gasteiger partial charge in [-0.3, -0.25) is 9.88 Å². The van der Waals surface area contributed by atoms with E-state index in [9.17, 15) is 0 Å². The molecule has 1 aromatic carbocycles. The summed E-state index contributed by atoms with van der Waals surface area (Å²) >= 11 is 0. The third-order valence-electron chi connectivity index (χ3n) is 3.78. The predicted molar refractivity (Wildman–Crippen MR) is 71.0 cm³/mol. The molecule has 1 atom stereocenters. The molecule has 3 rings (SSSR count). The Morgan fingerprint density at radius 1 is 1.24 bits per heavy atom. The summed E-state index contributed by atoms with van der Waals surface area (Å²) in [7, 11) is 2.23. The van der Waals surface area contributed by atoms with Gasteiger partial charge in [-0.25, -0.2) is 0 Å². The van der Waals surface area contributed by atoms with E-state index in [1.807, 2.05) is 12.3 Å². The van der Waals surface area contributed by atoms with Crippen LogP contribution in [0, 0.1) is 0 Å². The zero-order valence-electron chi connectivity index (χ0n) is 10.3. The van der Waals surface area contributed by atoms with Crippen molar-refractivity contribution in [1.29, 1.82) is 0 Å². The van der Waals surface area contributed by atoms with E-state index in [1.165, 1.54) is 36.8 Å². The van der Waals surface area contributed by atoms with Crippen molar-refractivity contribution in [2.75, 3.05) is 13.6 Å². The van der Waals surface area contributed by atoms with Crippen molar-refractivity contribution in [3.8, 4) is 0 Å². The summed E-state index contributed by atoms with van der Waals surface area (Å²) in [6, 6.07) is 11.4. The van der Waals surface area contributed by atoms with Crippen molar-refractivity contribution in [3.63, 3.8) is 0 Å². The van der Waals surface area contributed by atoms with E-state index in [0.717, 1.165) is 5.52 Å². The molecule has 1 aliphatic heterocycles. The third kappa shape index (κ3) is 2.05. The van der Waals surface area contributed by atoms with Gasteiger partial charge in [0.15, 0.2) is 0 Å². The Balaban J connectivity index is 1.99. The number of nitrogens with zero attached hydrogens (tertiary/aromatic N) is 2. The zero-order chi connectivity index (χ0) is 11.7. The average molecular weight is 226 g/mol. The van der Waals surface area contributed by atoms with E-state index in [4.69, 9.17) is 0 Å². The third-order valence-corrected chi connectivity index (χ3v) is 3.78. The lowest BCUT2D eigenvalue weighted by molar-refractivity contribution is 0.187. The van der Waals surface area contributed by atoms with E-state index in [2.05, 4.69) is 41.2 Å². The summed E-state index contributed by atoms with van der Waals surface area (Å²) in [6.45, 7) is 1.22. The van der Waals surface area contributed by atoms with Crippen molar-refractivity contribution in [3.05, 3.63) is 42.1 Å². The molecule has 88 valence electrons. The molecule has 0 amide bonds. The molecule has 2 heterocycles. The summed E-state index contributed by atoms with van der Waals surface area (Å²) in [5.74, 6) is 0. The zero-order valence-corrected chi connectivity index (χ0v) is 10.3. The van der Waals surface area contributed by atoms with Crippen molar-refractivity contribution in [2.45, 2.75) is 25.3 Å². The number of benzene rings is 1. The number of hydrogen-bond donors (Lipinski definition) is 0. The van der Waals surface area contributed by atoms with Crippen LogP contribution in [0.3, 0.4) is 0 Å². The first kappa shape index (κ1) is 10.7. The maximum atomic E-state index is 4.37. The van der Waals surface area contributed by atoms with Gasteiger partial charge in [-0.05, 0) is 50.2 Å². The number of likely N-dealkylation sites (tertiary alicyclic amines) is 1. The van der Waals surface area contributed by atoms with Gasteiger partial charge in [-0.2, -0.15) is 0 Å². The first-order valence-electron chi connectivity index (χ1n) is 6.39. The second kappa shape index (κ2) is 4.46. The van der Waals surface area contributed by atoms with E-state index in [0.29, 0.717) is 6.04 Å². The van der Waals surface area contributed by atoms with Gasteiger partial charge in [0.05, 0.1) is 5.52 Å². The number of piperidine rings is 1. The Kier molecular flexibility index (Phi) is 2.81. The van der Waals surface area contributed by atoms with Crippen LogP contribution in [0.1, 0.15) is 30.9 Å². The van der Waals surface area contributed by atoms with Gasteiger partial charge in [0.1, 0.15) is 0 Å². The highest BCUT2D eigenvalue weighted by atomic mass is 15.1. The van der Waals surface area contributed by atoms with Gasteiger partial charge in [0.2, 0.25) is 0 Å². The first-order valence-corrected chi connectivity index (χ1v) is 6.39. The fourth-order valence-corrected chi connectivity index (χ4v) is 2.80. The van der Waals surface area contributed by atoms with Crippen LogP contribution < -0.4 is 0 Å². The molecule has 0 unspecified atom stereocenters. The number of rotatable bonds is 1. The van der Waals surface area contributed by atoms with E-state index >= 15 is 0 Å². The summed E-state index contributed by atoms with van der Waals surface area (Å²) < 4.78 is 0. The number of hydrogen-bond acceptors (Lipinski definition) is 2. The molecule has 0 radical (unpaired) electrons. The summed E-state index contributed by atoms with van der Waals surface area (Å²) in [5, 5.41) is 1.25. The molecule has 2 aromatic rings. The van der Waals surface area contributed by atoms with Crippen LogP contribution >= 0.6 is 0 Å². The molecule has 2 nitrogen and oxygen atoms in total. The molecule has 17 heavy (non-hydrogen) atoms. The molecule has 0 aliphatic carbocycles. The standard InChI is InChI=1S/C15H18N2/c1-17-10-3-2-6-15(17)13-7-8-14-12(11-13)5-4-9-16-14/h4-5,7-9,11,15H,2-3,6,10H2,1H3/t15-/m0/s1. The molecule has 1 aromatic heterocycles. The Hall–Kier alpha value is -1.41. The Labute approximate surface area is 102 Å². The second-order valence-electron chi connectivity index (χ2n) is 4.95. The Morgan fingerprint density at radius 3 is 3.06 bits per heavy atom. The molecule has 0 bridgehead atoms. The molecule has 0 saturated carbocycles. The minimum absolute atomic E-state index is 0.591. The highest BCUT2D eigenvalue weighted by Crippen LogP contribution is 2.30. The molecule has 2 heteroatoms. The largest absolute Gasteiger partial charge is 0.299 e. The van der Waals surface area contributed by atoms with Crippen molar-refractivity contribution in [2.24, 2.45) is 0 Å². The Bertz CT molecular complexity index is 521. The maximum Gasteiger partial charge on any atom is 0.0702 e. The summed E-state index contributed by atoms with van der Waals surface area (Å²) in [6.07, 6.45) is 5.82. The highest BCUT2D eigenvalue weighted by Gasteiger charge is 2.20. The molecule has 1 saturated heterocycles. The van der Waals surface area contributed by atoms with Gasteiger partial charge in [0, 0.05) is 17.6 Å². The molecule has 1 fully saturated rings. The number of aromatic nitrogens is 1. The summed E-state index contributed by atoms with van der Waals surface area (Å²) in [4.78, 5) is 6.85. The van der Waals surface area contributed by atoms with Gasteiger partial charge in [-0.15, -0.1) is 0 Å². The lowest BCUT2D eigenvalue weighted by Gasteiger charge is -2.32. The van der Waals surface area contributed by atoms with Crippen LogP contribution in [0.4, 0.5) is 0 Å². The highest BCUT2D eigenvalue weighted by molar-refractivity contribution is 5.79. The lowest BCUT2D eigenvalue weighted by atomic mass is 9.95. The van der Waals surface area contributed by atoms with E-state index in [1.54, 1.807) is 0 Å². The van der Waals surface area contributed by atoms with Gasteiger partial charge < -0.3 is 0 Å². The normalized spacial score (nSPS) is 21.8. The van der Waals surface area contributed by atoms with E-state index in [-0.39, 0.29) is 0 Å². The van der Waals surface area contributed by atoms with Crippen LogP contribution in [-0.2, 0) is 0 Å². The minimum Gasteiger partial charge on any atom is -0.299 e. The van der Waals surface area contributed by atoms with Crippen LogP contribution in [0.25, 0.3) is 10.9 Å². The van der Waals surface area contributed by atoms with E-state index < -0.39 is 0 Å². The molecular formula is C15H18N2. The first-order chi connectivity index (χ1) is 8.34. The van der Waals surface area contributed by atoms with Crippen LogP contribution in [-0.4, -0.2) is 23.5 Å². The Morgan fingerprint density at radius 2 is 2.18 bits per heavy atom. The average Bonchev–Trinajstić information content (AvgIpc) is 2.39. The summed E-state index contributed by atoms with van der Waals surface area (Å²) in [5.41, 5.74) is 2.53. The fraction of sp³-hybridized carbons (Fsp3) is 0.400. The van der Waals surface area contributed by atoms with Crippen molar-refractivity contribution >= 4 is 10.9 Å². The molecule has 0 N–H and O–H groups in total. The fourth-order valence-electron chi connectivity index (χ4n) is 2.80. The topological polar surface area (TPSA) is 16.1 Å². The molecular weight excluding hydrogens is 208 g/mol. The maximum absolute atomic E-state index is 4.37.